The molecule has 82 valence electrons. The van der Waals surface area contributed by atoms with Gasteiger partial charge in [0.05, 0.1) is 19.5 Å². The maximum absolute atomic E-state index is 5.58. The summed E-state index contributed by atoms with van der Waals surface area (Å²) in [4.78, 5) is 10.7. The van der Waals surface area contributed by atoms with E-state index in [0.29, 0.717) is 18.5 Å². The van der Waals surface area contributed by atoms with Gasteiger partial charge in [-0.25, -0.2) is 0 Å². The van der Waals surface area contributed by atoms with Crippen molar-refractivity contribution in [2.75, 3.05) is 25.1 Å². The van der Waals surface area contributed by atoms with Crippen LogP contribution in [0.1, 0.15) is 12.8 Å². The Kier molecular flexibility index (Phi) is 3.01. The van der Waals surface area contributed by atoms with Crippen molar-refractivity contribution >= 4 is 5.82 Å². The molecule has 15 heavy (non-hydrogen) atoms. The number of ether oxygens (including phenoxy) is 1. The van der Waals surface area contributed by atoms with Gasteiger partial charge in [0.2, 0.25) is 5.88 Å². The van der Waals surface area contributed by atoms with Gasteiger partial charge in [0.25, 0.3) is 0 Å². The fourth-order valence-corrected chi connectivity index (χ4v) is 1.58. The third-order valence-corrected chi connectivity index (χ3v) is 2.46. The largest absolute Gasteiger partial charge is 0.480 e. The molecule has 1 aromatic heterocycles. The van der Waals surface area contributed by atoms with Crippen LogP contribution in [0.25, 0.3) is 0 Å². The van der Waals surface area contributed by atoms with E-state index < -0.39 is 0 Å². The second-order valence-corrected chi connectivity index (χ2v) is 3.63. The molecule has 0 spiro atoms. The van der Waals surface area contributed by atoms with E-state index in [1.807, 2.05) is 0 Å². The average Bonchev–Trinajstić information content (AvgIpc) is 3.10. The minimum atomic E-state index is 0.551. The van der Waals surface area contributed by atoms with Crippen LogP contribution in [0, 0.1) is 0 Å². The molecule has 5 heteroatoms. The third-order valence-electron chi connectivity index (χ3n) is 2.46. The van der Waals surface area contributed by atoms with E-state index in [-0.39, 0.29) is 0 Å². The van der Waals surface area contributed by atoms with E-state index in [0.717, 1.165) is 12.4 Å². The van der Waals surface area contributed by atoms with Crippen molar-refractivity contribution in [1.29, 1.82) is 0 Å². The first-order chi connectivity index (χ1) is 7.35. The van der Waals surface area contributed by atoms with Crippen molar-refractivity contribution in [2.24, 2.45) is 5.73 Å². The molecular formula is C10H16N4O. The molecule has 1 saturated carbocycles. The maximum Gasteiger partial charge on any atom is 0.233 e. The van der Waals surface area contributed by atoms with Crippen LogP contribution in [0.2, 0.25) is 0 Å². The number of methoxy groups -OCH3 is 1. The van der Waals surface area contributed by atoms with Gasteiger partial charge in [-0.1, -0.05) is 0 Å². The topological polar surface area (TPSA) is 64.3 Å². The highest BCUT2D eigenvalue weighted by Gasteiger charge is 2.29. The van der Waals surface area contributed by atoms with Crippen LogP contribution in [0.3, 0.4) is 0 Å². The van der Waals surface area contributed by atoms with Gasteiger partial charge >= 0.3 is 0 Å². The Hall–Kier alpha value is -1.36. The van der Waals surface area contributed by atoms with Gasteiger partial charge in [0, 0.05) is 19.1 Å². The van der Waals surface area contributed by atoms with Crippen LogP contribution < -0.4 is 15.4 Å². The van der Waals surface area contributed by atoms with Crippen molar-refractivity contribution < 1.29 is 4.74 Å². The molecule has 1 aliphatic rings. The van der Waals surface area contributed by atoms with Crippen LogP contribution >= 0.6 is 0 Å². The summed E-state index contributed by atoms with van der Waals surface area (Å²) in [5, 5.41) is 0. The van der Waals surface area contributed by atoms with Crippen LogP contribution in [0.15, 0.2) is 12.4 Å². The van der Waals surface area contributed by atoms with Crippen LogP contribution in [-0.4, -0.2) is 36.2 Å². The van der Waals surface area contributed by atoms with Gasteiger partial charge in [-0.05, 0) is 12.8 Å². The summed E-state index contributed by atoms with van der Waals surface area (Å²) in [6.07, 6.45) is 5.81. The van der Waals surface area contributed by atoms with Crippen molar-refractivity contribution in [3.05, 3.63) is 12.4 Å². The summed E-state index contributed by atoms with van der Waals surface area (Å²) < 4.78 is 5.05. The molecule has 5 nitrogen and oxygen atoms in total. The Bertz CT molecular complexity index is 327. The predicted octanol–water partition coefficient (Wildman–Crippen LogP) is 0.413. The van der Waals surface area contributed by atoms with E-state index in [1.165, 1.54) is 12.8 Å². The fraction of sp³-hybridized carbons (Fsp3) is 0.600. The second-order valence-electron chi connectivity index (χ2n) is 3.63. The molecule has 0 aliphatic heterocycles. The highest BCUT2D eigenvalue weighted by atomic mass is 16.5. The molecule has 0 aromatic carbocycles. The van der Waals surface area contributed by atoms with Gasteiger partial charge < -0.3 is 15.4 Å². The third kappa shape index (κ3) is 2.36. The standard InChI is InChI=1S/C10H16N4O/c1-15-10-7-12-6-9(13-10)14(5-4-11)8-2-3-8/h6-8H,2-5,11H2,1H3. The maximum atomic E-state index is 5.58. The van der Waals surface area contributed by atoms with Crippen LogP contribution in [-0.2, 0) is 0 Å². The summed E-state index contributed by atoms with van der Waals surface area (Å²) >= 11 is 0. The van der Waals surface area contributed by atoms with Gasteiger partial charge in [-0.2, -0.15) is 4.98 Å². The molecule has 1 fully saturated rings. The number of hydrogen-bond acceptors (Lipinski definition) is 5. The van der Waals surface area contributed by atoms with Crippen molar-refractivity contribution in [3.8, 4) is 5.88 Å². The molecule has 1 heterocycles. The molecule has 0 saturated heterocycles. The number of hydrogen-bond donors (Lipinski definition) is 1. The van der Waals surface area contributed by atoms with Gasteiger partial charge in [0.15, 0.2) is 5.82 Å². The molecule has 0 unspecified atom stereocenters. The summed E-state index contributed by atoms with van der Waals surface area (Å²) in [6, 6.07) is 0.593. The zero-order chi connectivity index (χ0) is 10.7. The van der Waals surface area contributed by atoms with Crippen molar-refractivity contribution in [1.82, 2.24) is 9.97 Å². The van der Waals surface area contributed by atoms with E-state index in [9.17, 15) is 0 Å². The summed E-state index contributed by atoms with van der Waals surface area (Å²) in [5.74, 6) is 1.41. The van der Waals surface area contributed by atoms with Crippen molar-refractivity contribution in [2.45, 2.75) is 18.9 Å². The molecule has 0 amide bonds. The molecule has 0 bridgehead atoms. The van der Waals surface area contributed by atoms with Gasteiger partial charge in [-0.15, -0.1) is 0 Å². The van der Waals surface area contributed by atoms with Gasteiger partial charge in [-0.3, -0.25) is 4.98 Å². The summed E-state index contributed by atoms with van der Waals surface area (Å²) in [7, 11) is 1.60. The average molecular weight is 208 g/mol. The second kappa shape index (κ2) is 4.44. The first-order valence-electron chi connectivity index (χ1n) is 5.18. The highest BCUT2D eigenvalue weighted by Crippen LogP contribution is 2.30. The number of nitrogens with two attached hydrogens (primary N) is 1. The molecule has 2 rings (SSSR count). The fourth-order valence-electron chi connectivity index (χ4n) is 1.58. The van der Waals surface area contributed by atoms with E-state index >= 15 is 0 Å². The van der Waals surface area contributed by atoms with Gasteiger partial charge in [0.1, 0.15) is 0 Å². The molecule has 1 aliphatic carbocycles. The number of nitrogens with zero attached hydrogens (tertiary/aromatic N) is 3. The SMILES string of the molecule is COc1cncc(N(CCN)C2CC2)n1. The number of rotatable bonds is 5. The van der Waals surface area contributed by atoms with Crippen molar-refractivity contribution in [3.63, 3.8) is 0 Å². The minimum Gasteiger partial charge on any atom is -0.480 e. The summed E-state index contributed by atoms with van der Waals surface area (Å²) in [5.41, 5.74) is 5.58. The lowest BCUT2D eigenvalue weighted by molar-refractivity contribution is 0.395. The van der Waals surface area contributed by atoms with E-state index in [2.05, 4.69) is 14.9 Å². The lowest BCUT2D eigenvalue weighted by Crippen LogP contribution is -2.32. The highest BCUT2D eigenvalue weighted by molar-refractivity contribution is 5.40. The normalized spacial score (nSPS) is 15.1. The number of aromatic nitrogens is 2. The Labute approximate surface area is 89.3 Å². The van der Waals surface area contributed by atoms with Crippen LogP contribution in [0.4, 0.5) is 5.82 Å². The Morgan fingerprint density at radius 1 is 1.53 bits per heavy atom. The Balaban J connectivity index is 2.16. The molecular weight excluding hydrogens is 192 g/mol. The Morgan fingerprint density at radius 3 is 2.93 bits per heavy atom. The lowest BCUT2D eigenvalue weighted by Gasteiger charge is -2.22. The quantitative estimate of drug-likeness (QED) is 0.759. The monoisotopic (exact) mass is 208 g/mol. The Morgan fingerprint density at radius 2 is 2.33 bits per heavy atom. The molecule has 0 atom stereocenters. The molecule has 1 aromatic rings. The van der Waals surface area contributed by atoms with E-state index in [1.54, 1.807) is 19.5 Å². The molecule has 2 N–H and O–H groups in total. The van der Waals surface area contributed by atoms with Crippen LogP contribution in [0.5, 0.6) is 5.88 Å². The molecule has 0 radical (unpaired) electrons. The first-order valence-corrected chi connectivity index (χ1v) is 5.18. The summed E-state index contributed by atoms with van der Waals surface area (Å²) in [6.45, 7) is 1.46. The predicted molar refractivity (Wildman–Crippen MR) is 58.0 cm³/mol. The smallest absolute Gasteiger partial charge is 0.233 e. The van der Waals surface area contributed by atoms with E-state index in [4.69, 9.17) is 10.5 Å². The lowest BCUT2D eigenvalue weighted by atomic mass is 10.4. The zero-order valence-electron chi connectivity index (χ0n) is 8.89. The number of anilines is 1. The zero-order valence-corrected chi connectivity index (χ0v) is 8.89. The minimum absolute atomic E-state index is 0.551. The first kappa shape index (κ1) is 10.2.